The maximum absolute atomic E-state index is 15.1. The number of pyridine rings is 2. The Morgan fingerprint density at radius 3 is 2.12 bits per heavy atom. The summed E-state index contributed by atoms with van der Waals surface area (Å²) in [6.45, 7) is 0. The molecule has 0 saturated heterocycles. The molecule has 33 heavy (non-hydrogen) atoms. The zero-order valence-electron chi connectivity index (χ0n) is 15.9. The second-order valence-electron chi connectivity index (χ2n) is 6.41. The van der Waals surface area contributed by atoms with E-state index in [1.54, 1.807) is 0 Å². The summed E-state index contributed by atoms with van der Waals surface area (Å²) < 4.78 is 92.2. The van der Waals surface area contributed by atoms with Gasteiger partial charge in [0.2, 0.25) is 0 Å². The molecule has 4 aromatic heterocycles. The quantitative estimate of drug-likeness (QED) is 0.240. The van der Waals surface area contributed by atoms with E-state index in [1.165, 1.54) is 36.4 Å². The average molecular weight is 647 g/mol. The number of hydrogen-bond acceptors (Lipinski definition) is 4. The monoisotopic (exact) mass is 647 g/mol. The summed E-state index contributed by atoms with van der Waals surface area (Å²) in [6.07, 6.45) is -9.04. The van der Waals surface area contributed by atoms with Crippen molar-refractivity contribution in [2.24, 2.45) is 0 Å². The van der Waals surface area contributed by atoms with Gasteiger partial charge in [-0.15, -0.1) is 6.07 Å². The van der Waals surface area contributed by atoms with Crippen LogP contribution in [-0.4, -0.2) is 24.8 Å². The molecule has 0 spiro atoms. The first kappa shape index (κ1) is 24.5. The number of halogens is 7. The molecule has 0 N–H and O–H groups in total. The van der Waals surface area contributed by atoms with Crippen LogP contribution in [0.15, 0.2) is 48.5 Å². The zero-order chi connectivity index (χ0) is 23.1. The van der Waals surface area contributed by atoms with Crippen molar-refractivity contribution >= 4 is 0 Å². The molecule has 0 saturated carbocycles. The molecule has 0 bridgehead atoms. The molecule has 0 fully saturated rings. The first-order chi connectivity index (χ1) is 15.0. The molecule has 1 radical (unpaired) electrons. The van der Waals surface area contributed by atoms with E-state index in [0.29, 0.717) is 12.1 Å². The minimum atomic E-state index is -4.69. The van der Waals surface area contributed by atoms with E-state index in [0.717, 1.165) is 4.68 Å². The first-order valence-electron chi connectivity index (χ1n) is 8.73. The van der Waals surface area contributed by atoms with Gasteiger partial charge in [0.05, 0.1) is 22.9 Å². The van der Waals surface area contributed by atoms with E-state index in [1.807, 2.05) is 0 Å². The summed E-state index contributed by atoms with van der Waals surface area (Å²) >= 11 is 0. The molecular weight excluding hydrogens is 637 g/mol. The molecule has 0 aromatic carbocycles. The molecule has 4 aromatic rings. The third-order valence-electron chi connectivity index (χ3n) is 4.18. The summed E-state index contributed by atoms with van der Waals surface area (Å²) in [6, 6.07) is 9.24. The summed E-state index contributed by atoms with van der Waals surface area (Å²) in [4.78, 5) is 7.95. The second-order valence-corrected chi connectivity index (χ2v) is 6.41. The molecule has 1 unspecified atom stereocenters. The van der Waals surface area contributed by atoms with Crippen LogP contribution in [0.4, 0.5) is 30.7 Å². The standard InChI is InChI=1S/C19H9F7N6.Ir/c20-17(11-4-1-3-10(27-11)13-9-15(30-29-13)19(24,25)26)12-5-2-6-16(28-12)32-8-7-14(31-32)18(21,22)23;/h1-7,9,17H;/q-2;. The van der Waals surface area contributed by atoms with Crippen LogP contribution >= 0.6 is 0 Å². The van der Waals surface area contributed by atoms with E-state index < -0.39 is 29.9 Å². The van der Waals surface area contributed by atoms with E-state index >= 15 is 4.39 Å². The molecular formula is C19H9F7IrN6-2. The molecule has 0 aliphatic heterocycles. The molecule has 4 heterocycles. The van der Waals surface area contributed by atoms with Gasteiger partial charge in [-0.3, -0.25) is 15.1 Å². The van der Waals surface area contributed by atoms with Crippen molar-refractivity contribution in [2.75, 3.05) is 0 Å². The van der Waals surface area contributed by atoms with Gasteiger partial charge in [0.1, 0.15) is 5.69 Å². The largest absolute Gasteiger partial charge is 0.573 e. The van der Waals surface area contributed by atoms with E-state index in [2.05, 4.69) is 31.5 Å². The van der Waals surface area contributed by atoms with Crippen LogP contribution in [0.2, 0.25) is 0 Å². The number of alkyl halides is 7. The van der Waals surface area contributed by atoms with Gasteiger partial charge in [0.25, 0.3) is 0 Å². The van der Waals surface area contributed by atoms with Crippen molar-refractivity contribution < 1.29 is 50.8 Å². The predicted molar refractivity (Wildman–Crippen MR) is 93.9 cm³/mol. The Morgan fingerprint density at radius 2 is 1.52 bits per heavy atom. The molecule has 1 atom stereocenters. The van der Waals surface area contributed by atoms with Crippen LogP contribution in [0, 0.1) is 6.20 Å². The maximum Gasteiger partial charge on any atom is 0.431 e. The third-order valence-corrected chi connectivity index (χ3v) is 4.18. The van der Waals surface area contributed by atoms with Gasteiger partial charge in [-0.1, -0.05) is 30.1 Å². The third kappa shape index (κ3) is 5.28. The molecule has 175 valence electrons. The SMILES string of the molecule is FC(c1cccc(-c2cc(C(F)(F)F)n[n-]2)n1)c1cccc(-n2[c-]cc(C(F)(F)F)n2)n1.[Ir]. The predicted octanol–water partition coefficient (Wildman–Crippen LogP) is 4.58. The normalized spacial score (nSPS) is 12.9. The fraction of sp³-hybridized carbons (Fsp3) is 0.158. The van der Waals surface area contributed by atoms with Crippen LogP contribution in [0.25, 0.3) is 17.2 Å². The Labute approximate surface area is 194 Å². The Bertz CT molecular complexity index is 1150. The second kappa shape index (κ2) is 9.02. The number of rotatable bonds is 4. The van der Waals surface area contributed by atoms with Gasteiger partial charge in [0.15, 0.2) is 6.17 Å². The average Bonchev–Trinajstić information content (AvgIpc) is 3.43. The summed E-state index contributed by atoms with van der Waals surface area (Å²) in [5.74, 6) is -0.117. The van der Waals surface area contributed by atoms with Crippen molar-refractivity contribution in [2.45, 2.75) is 18.5 Å². The smallest absolute Gasteiger partial charge is 0.431 e. The summed E-state index contributed by atoms with van der Waals surface area (Å²) in [5, 5.41) is 9.80. The van der Waals surface area contributed by atoms with Crippen LogP contribution in [0.3, 0.4) is 0 Å². The molecule has 14 heteroatoms. The van der Waals surface area contributed by atoms with E-state index in [4.69, 9.17) is 0 Å². The fourth-order valence-electron chi connectivity index (χ4n) is 2.69. The van der Waals surface area contributed by atoms with Crippen molar-refractivity contribution in [3.05, 3.63) is 77.5 Å². The van der Waals surface area contributed by atoms with E-state index in [9.17, 15) is 26.3 Å². The molecule has 0 aliphatic carbocycles. The summed E-state index contributed by atoms with van der Waals surface area (Å²) in [7, 11) is 0. The van der Waals surface area contributed by atoms with Crippen LogP contribution in [-0.2, 0) is 32.5 Å². The van der Waals surface area contributed by atoms with Crippen molar-refractivity contribution in [1.29, 1.82) is 0 Å². The minimum Gasteiger partial charge on any atom is -0.573 e. The Hall–Kier alpha value is -3.12. The Kier molecular flexibility index (Phi) is 6.70. The van der Waals surface area contributed by atoms with Gasteiger partial charge in [-0.25, -0.2) is 4.39 Å². The number of nitrogens with zero attached hydrogens (tertiary/aromatic N) is 6. The zero-order valence-corrected chi connectivity index (χ0v) is 18.3. The minimum absolute atomic E-state index is 0. The van der Waals surface area contributed by atoms with Crippen LogP contribution < -0.4 is 5.10 Å². The van der Waals surface area contributed by atoms with E-state index in [-0.39, 0.29) is 48.7 Å². The molecule has 0 amide bonds. The van der Waals surface area contributed by atoms with Gasteiger partial charge in [-0.05, 0) is 24.3 Å². The van der Waals surface area contributed by atoms with Gasteiger partial charge in [0, 0.05) is 25.8 Å². The maximum atomic E-state index is 15.1. The van der Waals surface area contributed by atoms with Crippen molar-refractivity contribution in [3.63, 3.8) is 0 Å². The topological polar surface area (TPSA) is 70.6 Å². The molecule has 6 nitrogen and oxygen atoms in total. The number of aromatic nitrogens is 6. The summed E-state index contributed by atoms with van der Waals surface area (Å²) in [5.41, 5.74) is -3.03. The van der Waals surface area contributed by atoms with Gasteiger partial charge < -0.3 is 14.9 Å². The van der Waals surface area contributed by atoms with Crippen LogP contribution in [0.5, 0.6) is 0 Å². The Morgan fingerprint density at radius 1 is 0.879 bits per heavy atom. The van der Waals surface area contributed by atoms with Gasteiger partial charge >= 0.3 is 12.4 Å². The fourth-order valence-corrected chi connectivity index (χ4v) is 2.69. The molecule has 0 aliphatic rings. The van der Waals surface area contributed by atoms with Crippen molar-refractivity contribution in [3.8, 4) is 17.2 Å². The van der Waals surface area contributed by atoms with Crippen LogP contribution in [0.1, 0.15) is 28.9 Å². The first-order valence-corrected chi connectivity index (χ1v) is 8.73. The van der Waals surface area contributed by atoms with Crippen molar-refractivity contribution in [1.82, 2.24) is 29.9 Å². The molecule has 4 rings (SSSR count). The van der Waals surface area contributed by atoms with Gasteiger partial charge in [-0.2, -0.15) is 26.3 Å². The number of hydrogen-bond donors (Lipinski definition) is 0. The Balaban J connectivity index is 0.00000306.